The predicted molar refractivity (Wildman–Crippen MR) is 144 cm³/mol. The maximum absolute atomic E-state index is 12.0. The van der Waals surface area contributed by atoms with E-state index in [1.807, 2.05) is 48.5 Å². The zero-order valence-electron chi connectivity index (χ0n) is 19.4. The van der Waals surface area contributed by atoms with E-state index in [-0.39, 0.29) is 12.2 Å². The number of hydrogen-bond acceptors (Lipinski definition) is 4. The average molecular weight is 477 g/mol. The molecule has 0 unspecified atom stereocenters. The maximum atomic E-state index is 12.0. The van der Waals surface area contributed by atoms with Crippen molar-refractivity contribution in [1.29, 1.82) is 5.26 Å². The second-order valence-corrected chi connectivity index (χ2v) is 10.7. The summed E-state index contributed by atoms with van der Waals surface area (Å²) in [6.45, 7) is 1.94. The van der Waals surface area contributed by atoms with Crippen LogP contribution in [0.15, 0.2) is 126 Å². The Balaban J connectivity index is 1.90. The van der Waals surface area contributed by atoms with Gasteiger partial charge in [-0.15, -0.1) is 0 Å². The van der Waals surface area contributed by atoms with Gasteiger partial charge in [0.2, 0.25) is 0 Å². The monoisotopic (exact) mass is 476 g/mol. The van der Waals surface area contributed by atoms with Crippen molar-refractivity contribution >= 4 is 40.7 Å². The van der Waals surface area contributed by atoms with Gasteiger partial charge in [-0.2, -0.15) is 5.26 Å². The van der Waals surface area contributed by atoms with Gasteiger partial charge in [0.05, 0.1) is 19.3 Å². The van der Waals surface area contributed by atoms with Crippen molar-refractivity contribution in [3.63, 3.8) is 0 Å². The summed E-state index contributed by atoms with van der Waals surface area (Å²) in [4.78, 5) is 12.0. The zero-order valence-corrected chi connectivity index (χ0v) is 20.3. The fourth-order valence-electron chi connectivity index (χ4n) is 3.87. The number of ether oxygens (including phenoxy) is 1. The highest BCUT2D eigenvalue weighted by atomic mass is 31.2. The molecule has 0 aliphatic rings. The summed E-state index contributed by atoms with van der Waals surface area (Å²) < 4.78 is 10.4. The van der Waals surface area contributed by atoms with Crippen LogP contribution in [-0.2, 0) is 9.53 Å². The molecule has 5 heteroatoms. The van der Waals surface area contributed by atoms with Crippen LogP contribution in [0.5, 0.6) is 0 Å². The average Bonchev–Trinajstić information content (AvgIpc) is 2.93. The fraction of sp³-hybridized carbons (Fsp3) is 0.0667. The molecule has 35 heavy (non-hydrogen) atoms. The van der Waals surface area contributed by atoms with Gasteiger partial charge in [-0.1, -0.05) is 103 Å². The molecule has 4 nitrogen and oxygen atoms in total. The highest BCUT2D eigenvalue weighted by Gasteiger charge is 2.27. The van der Waals surface area contributed by atoms with E-state index in [4.69, 9.17) is 9.48 Å². The quantitative estimate of drug-likeness (QED) is 0.143. The maximum Gasteiger partial charge on any atom is 0.348 e. The molecular weight excluding hydrogens is 451 g/mol. The number of carbonyl (C=O) groups excluding carboxylic acids is 1. The third kappa shape index (κ3) is 5.32. The lowest BCUT2D eigenvalue weighted by Gasteiger charge is -2.27. The summed E-state index contributed by atoms with van der Waals surface area (Å²) in [6, 6.07) is 40.8. The molecule has 0 heterocycles. The first kappa shape index (κ1) is 24.0. The molecule has 0 aliphatic heterocycles. The molecule has 0 N–H and O–H groups in total. The lowest BCUT2D eigenvalue weighted by molar-refractivity contribution is -0.137. The van der Waals surface area contributed by atoms with Crippen molar-refractivity contribution in [2.75, 3.05) is 6.61 Å². The predicted octanol–water partition coefficient (Wildman–Crippen LogP) is 5.97. The van der Waals surface area contributed by atoms with Crippen LogP contribution in [0.2, 0.25) is 0 Å². The van der Waals surface area contributed by atoms with E-state index in [2.05, 4.69) is 72.8 Å². The Morgan fingerprint density at radius 2 is 1.26 bits per heavy atom. The standard InChI is InChI=1S/C30H25N2O2P/c1-2-34-30(33)25(23-31)22-24-18-20-26(21-19-24)32-35(27-12-6-3-7-13-27,28-14-8-4-9-15-28)29-16-10-5-11-17-29/h3-22H,2H2,1H3/b25-22+. The van der Waals surface area contributed by atoms with E-state index in [0.29, 0.717) is 0 Å². The number of benzene rings is 4. The second-order valence-electron chi connectivity index (χ2n) is 7.72. The highest BCUT2D eigenvalue weighted by molar-refractivity contribution is 7.87. The number of hydrogen-bond donors (Lipinski definition) is 0. The van der Waals surface area contributed by atoms with E-state index in [1.165, 1.54) is 6.08 Å². The van der Waals surface area contributed by atoms with Crippen LogP contribution in [0.25, 0.3) is 6.08 Å². The summed E-state index contributed by atoms with van der Waals surface area (Å²) in [5, 5.41) is 12.8. The van der Waals surface area contributed by atoms with Crippen molar-refractivity contribution in [2.24, 2.45) is 4.74 Å². The molecule has 4 rings (SSSR count). The van der Waals surface area contributed by atoms with Crippen LogP contribution in [-0.4, -0.2) is 12.6 Å². The van der Waals surface area contributed by atoms with Crippen LogP contribution < -0.4 is 15.9 Å². The molecule has 4 aromatic carbocycles. The van der Waals surface area contributed by atoms with Crippen LogP contribution in [0.1, 0.15) is 12.5 Å². The van der Waals surface area contributed by atoms with E-state index in [1.54, 1.807) is 6.92 Å². The Morgan fingerprint density at radius 3 is 1.66 bits per heavy atom. The molecule has 0 atom stereocenters. The van der Waals surface area contributed by atoms with Gasteiger partial charge in [-0.05, 0) is 30.7 Å². The van der Waals surface area contributed by atoms with Crippen LogP contribution in [0, 0.1) is 11.3 Å². The van der Waals surface area contributed by atoms with Gasteiger partial charge in [0.15, 0.2) is 0 Å². The molecule has 0 saturated heterocycles. The fourth-order valence-corrected chi connectivity index (χ4v) is 7.41. The molecule has 0 amide bonds. The van der Waals surface area contributed by atoms with E-state index in [9.17, 15) is 10.1 Å². The van der Waals surface area contributed by atoms with Crippen molar-refractivity contribution in [1.82, 2.24) is 0 Å². The van der Waals surface area contributed by atoms with Gasteiger partial charge in [-0.25, -0.2) is 4.79 Å². The molecule has 0 bridgehead atoms. The molecule has 4 aromatic rings. The van der Waals surface area contributed by atoms with Crippen molar-refractivity contribution in [3.8, 4) is 6.07 Å². The summed E-state index contributed by atoms with van der Waals surface area (Å²) >= 11 is 0. The second kappa shape index (κ2) is 11.3. The summed E-state index contributed by atoms with van der Waals surface area (Å²) in [5.41, 5.74) is 1.52. The van der Waals surface area contributed by atoms with Gasteiger partial charge in [0, 0.05) is 15.9 Å². The molecule has 0 spiro atoms. The van der Waals surface area contributed by atoms with E-state index < -0.39 is 13.0 Å². The van der Waals surface area contributed by atoms with Gasteiger partial charge >= 0.3 is 5.97 Å². The molecule has 0 aromatic heterocycles. The highest BCUT2D eigenvalue weighted by Crippen LogP contribution is 2.49. The van der Waals surface area contributed by atoms with Crippen LogP contribution in [0.3, 0.4) is 0 Å². The normalized spacial score (nSPS) is 11.4. The minimum Gasteiger partial charge on any atom is -0.462 e. The number of nitriles is 1. The van der Waals surface area contributed by atoms with Crippen molar-refractivity contribution in [3.05, 3.63) is 126 Å². The molecule has 0 aliphatic carbocycles. The molecule has 172 valence electrons. The van der Waals surface area contributed by atoms with Gasteiger partial charge in [-0.3, -0.25) is 4.74 Å². The van der Waals surface area contributed by atoms with Crippen molar-refractivity contribution < 1.29 is 9.53 Å². The topological polar surface area (TPSA) is 62.5 Å². The Labute approximate surface area is 206 Å². The van der Waals surface area contributed by atoms with Crippen molar-refractivity contribution in [2.45, 2.75) is 6.92 Å². The smallest absolute Gasteiger partial charge is 0.348 e. The molecular formula is C30H25N2O2P. The number of carbonyl (C=O) groups is 1. The summed E-state index contributed by atoms with van der Waals surface area (Å²) in [6.07, 6.45) is 1.54. The number of esters is 1. The minimum absolute atomic E-state index is 0.0313. The van der Waals surface area contributed by atoms with Gasteiger partial charge in [0.25, 0.3) is 0 Å². The third-order valence-electron chi connectivity index (χ3n) is 5.47. The largest absolute Gasteiger partial charge is 0.462 e. The summed E-state index contributed by atoms with van der Waals surface area (Å²) in [5.74, 6) is -0.620. The van der Waals surface area contributed by atoms with E-state index >= 15 is 0 Å². The lowest BCUT2D eigenvalue weighted by atomic mass is 10.1. The Kier molecular flexibility index (Phi) is 7.73. The lowest BCUT2D eigenvalue weighted by Crippen LogP contribution is -2.25. The number of rotatable bonds is 7. The first-order chi connectivity index (χ1) is 17.2. The van der Waals surface area contributed by atoms with E-state index in [0.717, 1.165) is 27.2 Å². The first-order valence-corrected chi connectivity index (χ1v) is 13.1. The van der Waals surface area contributed by atoms with Gasteiger partial charge < -0.3 is 4.74 Å². The number of nitrogens with zero attached hydrogens (tertiary/aromatic N) is 2. The SMILES string of the molecule is CCOC(=O)/C(C#N)=C/c1ccc(N=P(c2ccccc2)(c2ccccc2)c2ccccc2)cc1. The summed E-state index contributed by atoms with van der Waals surface area (Å²) in [7, 11) is -2.37. The molecule has 0 fully saturated rings. The Bertz CT molecular complexity index is 1300. The molecule has 0 radical (unpaired) electrons. The van der Waals surface area contributed by atoms with Crippen LogP contribution >= 0.6 is 7.05 Å². The zero-order chi connectivity index (χ0) is 24.5. The first-order valence-electron chi connectivity index (χ1n) is 11.4. The van der Waals surface area contributed by atoms with Crippen LogP contribution in [0.4, 0.5) is 5.69 Å². The third-order valence-corrected chi connectivity index (χ3v) is 9.14. The Morgan fingerprint density at radius 1 is 0.800 bits per heavy atom. The molecule has 0 saturated carbocycles. The minimum atomic E-state index is -2.37. The van der Waals surface area contributed by atoms with Gasteiger partial charge in [0.1, 0.15) is 11.6 Å². The Hall–Kier alpha value is -4.19.